The van der Waals surface area contributed by atoms with Gasteiger partial charge in [-0.3, -0.25) is 0 Å². The molecule has 0 radical (unpaired) electrons. The second-order valence-corrected chi connectivity index (χ2v) is 5.25. The Balaban J connectivity index is 1.82. The average Bonchev–Trinajstić information content (AvgIpc) is 2.49. The van der Waals surface area contributed by atoms with E-state index in [0.29, 0.717) is 18.6 Å². The first-order chi connectivity index (χ1) is 9.77. The predicted molar refractivity (Wildman–Crippen MR) is 84.0 cm³/mol. The number of ether oxygens (including phenoxy) is 1. The van der Waals surface area contributed by atoms with E-state index < -0.39 is 0 Å². The number of para-hydroxylation sites is 1. The number of hydrogen-bond donors (Lipinski definition) is 1. The van der Waals surface area contributed by atoms with E-state index in [2.05, 4.69) is 49.5 Å². The molecule has 0 fully saturated rings. The third-order valence-electron chi connectivity index (χ3n) is 3.30. The van der Waals surface area contributed by atoms with Crippen molar-refractivity contribution in [3.8, 4) is 5.75 Å². The Kier molecular flexibility index (Phi) is 5.63. The summed E-state index contributed by atoms with van der Waals surface area (Å²) >= 11 is 0. The van der Waals surface area contributed by atoms with E-state index in [0.717, 1.165) is 12.3 Å². The Morgan fingerprint density at radius 2 is 1.50 bits per heavy atom. The molecule has 2 rings (SSSR count). The van der Waals surface area contributed by atoms with Crippen molar-refractivity contribution in [2.45, 2.75) is 19.9 Å². The van der Waals surface area contributed by atoms with Crippen molar-refractivity contribution in [1.82, 2.24) is 5.32 Å². The average molecular weight is 269 g/mol. The van der Waals surface area contributed by atoms with Gasteiger partial charge in [0.05, 0.1) is 0 Å². The lowest BCUT2D eigenvalue weighted by atomic mass is 9.96. The summed E-state index contributed by atoms with van der Waals surface area (Å²) in [5.74, 6) is 1.48. The third-order valence-corrected chi connectivity index (χ3v) is 3.30. The van der Waals surface area contributed by atoms with E-state index in [4.69, 9.17) is 4.74 Å². The molecule has 1 N–H and O–H groups in total. The minimum Gasteiger partial charge on any atom is -0.492 e. The fraction of sp³-hybridized carbons (Fsp3) is 0.333. The first-order valence-electron chi connectivity index (χ1n) is 7.23. The van der Waals surface area contributed by atoms with Crippen molar-refractivity contribution >= 4 is 0 Å². The molecule has 0 aliphatic carbocycles. The van der Waals surface area contributed by atoms with E-state index in [1.807, 2.05) is 30.3 Å². The van der Waals surface area contributed by atoms with Crippen LogP contribution in [0.5, 0.6) is 5.75 Å². The summed E-state index contributed by atoms with van der Waals surface area (Å²) in [4.78, 5) is 0. The molecule has 1 unspecified atom stereocenters. The molecule has 2 nitrogen and oxygen atoms in total. The highest BCUT2D eigenvalue weighted by molar-refractivity contribution is 5.21. The van der Waals surface area contributed by atoms with E-state index in [1.165, 1.54) is 5.56 Å². The Bertz CT molecular complexity index is 481. The molecule has 0 amide bonds. The minimum atomic E-state index is 0.371. The van der Waals surface area contributed by atoms with Gasteiger partial charge in [-0.25, -0.2) is 0 Å². The van der Waals surface area contributed by atoms with E-state index in [9.17, 15) is 0 Å². The molecule has 0 saturated carbocycles. The van der Waals surface area contributed by atoms with E-state index in [1.54, 1.807) is 0 Å². The molecule has 0 aliphatic rings. The summed E-state index contributed by atoms with van der Waals surface area (Å²) in [6, 6.07) is 20.9. The van der Waals surface area contributed by atoms with Crippen molar-refractivity contribution in [3.63, 3.8) is 0 Å². The van der Waals surface area contributed by atoms with Gasteiger partial charge in [-0.2, -0.15) is 0 Å². The largest absolute Gasteiger partial charge is 0.492 e. The fourth-order valence-electron chi connectivity index (χ4n) is 2.30. The van der Waals surface area contributed by atoms with Crippen LogP contribution in [0.2, 0.25) is 0 Å². The smallest absolute Gasteiger partial charge is 0.119 e. The number of rotatable bonds is 7. The molecule has 0 heterocycles. The molecule has 0 spiro atoms. The minimum absolute atomic E-state index is 0.371. The van der Waals surface area contributed by atoms with Gasteiger partial charge in [0.25, 0.3) is 0 Å². The Morgan fingerprint density at radius 1 is 0.900 bits per heavy atom. The maximum Gasteiger partial charge on any atom is 0.119 e. The summed E-state index contributed by atoms with van der Waals surface area (Å²) < 4.78 is 5.71. The molecule has 0 saturated heterocycles. The molecule has 2 aromatic rings. The first kappa shape index (κ1) is 14.6. The van der Waals surface area contributed by atoms with Crippen LogP contribution in [0, 0.1) is 5.92 Å². The lowest BCUT2D eigenvalue weighted by molar-refractivity contribution is 0.293. The van der Waals surface area contributed by atoms with Crippen LogP contribution in [0.25, 0.3) is 0 Å². The highest BCUT2D eigenvalue weighted by Gasteiger charge is 2.14. The van der Waals surface area contributed by atoms with Crippen LogP contribution in [0.1, 0.15) is 25.5 Å². The van der Waals surface area contributed by atoms with Gasteiger partial charge in [-0.15, -0.1) is 0 Å². The molecule has 2 heteroatoms. The third kappa shape index (κ3) is 4.39. The molecular formula is C18H23NO. The SMILES string of the molecule is CC(C)C(NCCOc1ccccc1)c1ccccc1. The molecule has 0 bridgehead atoms. The molecule has 20 heavy (non-hydrogen) atoms. The predicted octanol–water partition coefficient (Wildman–Crippen LogP) is 4.05. The van der Waals surface area contributed by atoms with Crippen LogP contribution in [0.15, 0.2) is 60.7 Å². The maximum absolute atomic E-state index is 5.71. The van der Waals surface area contributed by atoms with Gasteiger partial charge in [-0.05, 0) is 23.6 Å². The van der Waals surface area contributed by atoms with Gasteiger partial charge in [0.2, 0.25) is 0 Å². The topological polar surface area (TPSA) is 21.3 Å². The number of hydrogen-bond acceptors (Lipinski definition) is 2. The van der Waals surface area contributed by atoms with Crippen LogP contribution in [-0.4, -0.2) is 13.2 Å². The first-order valence-corrected chi connectivity index (χ1v) is 7.23. The maximum atomic E-state index is 5.71. The zero-order valence-electron chi connectivity index (χ0n) is 12.3. The molecule has 0 aliphatic heterocycles. The van der Waals surface area contributed by atoms with Gasteiger partial charge in [0.1, 0.15) is 12.4 Å². The molecular weight excluding hydrogens is 246 g/mol. The van der Waals surface area contributed by atoms with Crippen LogP contribution in [-0.2, 0) is 0 Å². The summed E-state index contributed by atoms with van der Waals surface area (Å²) in [5.41, 5.74) is 1.34. The van der Waals surface area contributed by atoms with Crippen LogP contribution in [0.3, 0.4) is 0 Å². The molecule has 0 aromatic heterocycles. The lowest BCUT2D eigenvalue weighted by Gasteiger charge is -2.23. The second kappa shape index (κ2) is 7.71. The monoisotopic (exact) mass is 269 g/mol. The van der Waals surface area contributed by atoms with Crippen molar-refractivity contribution in [1.29, 1.82) is 0 Å². The summed E-state index contributed by atoms with van der Waals surface area (Å²) in [7, 11) is 0. The number of benzene rings is 2. The number of nitrogens with one attached hydrogen (secondary N) is 1. The van der Waals surface area contributed by atoms with Gasteiger partial charge in [0, 0.05) is 12.6 Å². The van der Waals surface area contributed by atoms with Crippen molar-refractivity contribution in [2.24, 2.45) is 5.92 Å². The van der Waals surface area contributed by atoms with Gasteiger partial charge < -0.3 is 10.1 Å². The highest BCUT2D eigenvalue weighted by Crippen LogP contribution is 2.20. The summed E-state index contributed by atoms with van der Waals surface area (Å²) in [6.45, 7) is 6.00. The molecule has 106 valence electrons. The Labute approximate surface area is 121 Å². The Hall–Kier alpha value is -1.80. The second-order valence-electron chi connectivity index (χ2n) is 5.25. The van der Waals surface area contributed by atoms with Crippen LogP contribution in [0.4, 0.5) is 0 Å². The zero-order chi connectivity index (χ0) is 14.2. The zero-order valence-corrected chi connectivity index (χ0v) is 12.3. The van der Waals surface area contributed by atoms with Crippen molar-refractivity contribution in [2.75, 3.05) is 13.2 Å². The van der Waals surface area contributed by atoms with Crippen molar-refractivity contribution in [3.05, 3.63) is 66.2 Å². The van der Waals surface area contributed by atoms with E-state index in [-0.39, 0.29) is 0 Å². The fourth-order valence-corrected chi connectivity index (χ4v) is 2.30. The summed E-state index contributed by atoms with van der Waals surface area (Å²) in [6.07, 6.45) is 0. The normalized spacial score (nSPS) is 12.3. The van der Waals surface area contributed by atoms with E-state index >= 15 is 0 Å². The van der Waals surface area contributed by atoms with Crippen LogP contribution < -0.4 is 10.1 Å². The molecule has 2 aromatic carbocycles. The quantitative estimate of drug-likeness (QED) is 0.766. The highest BCUT2D eigenvalue weighted by atomic mass is 16.5. The Morgan fingerprint density at radius 3 is 2.10 bits per heavy atom. The van der Waals surface area contributed by atoms with Gasteiger partial charge >= 0.3 is 0 Å². The van der Waals surface area contributed by atoms with Gasteiger partial charge in [0.15, 0.2) is 0 Å². The van der Waals surface area contributed by atoms with Crippen LogP contribution >= 0.6 is 0 Å². The molecule has 1 atom stereocenters. The lowest BCUT2D eigenvalue weighted by Crippen LogP contribution is -2.29. The summed E-state index contributed by atoms with van der Waals surface area (Å²) in [5, 5.41) is 3.58. The standard InChI is InChI=1S/C18H23NO/c1-15(2)18(16-9-5-3-6-10-16)19-13-14-20-17-11-7-4-8-12-17/h3-12,15,18-19H,13-14H2,1-2H3. The van der Waals surface area contributed by atoms with Gasteiger partial charge in [-0.1, -0.05) is 62.4 Å². The van der Waals surface area contributed by atoms with Crippen molar-refractivity contribution < 1.29 is 4.74 Å².